The number of rotatable bonds is 3. The zero-order valence-electron chi connectivity index (χ0n) is 12.5. The molecule has 0 saturated carbocycles. The summed E-state index contributed by atoms with van der Waals surface area (Å²) >= 11 is 5.78. The van der Waals surface area contributed by atoms with Crippen LogP contribution in [0.4, 0.5) is 10.2 Å². The van der Waals surface area contributed by atoms with Crippen molar-refractivity contribution in [2.75, 3.05) is 18.0 Å². The van der Waals surface area contributed by atoms with Crippen LogP contribution in [0.25, 0.3) is 11.0 Å². The summed E-state index contributed by atoms with van der Waals surface area (Å²) in [6.45, 7) is 1.48. The molecule has 3 aromatic rings. The zero-order valence-corrected chi connectivity index (χ0v) is 13.2. The normalized spacial score (nSPS) is 14.7. The first-order valence-corrected chi connectivity index (χ1v) is 7.74. The number of fused-ring (bicyclic) bond motifs is 1. The van der Waals surface area contributed by atoms with Crippen molar-refractivity contribution in [2.24, 2.45) is 5.73 Å². The third-order valence-electron chi connectivity index (χ3n) is 3.79. The highest BCUT2D eigenvalue weighted by Gasteiger charge is 2.25. The second kappa shape index (κ2) is 5.85. The Bertz CT molecular complexity index is 916. The number of aromatic nitrogens is 3. The number of halogens is 2. The molecule has 0 atom stereocenters. The number of pyridine rings is 1. The van der Waals surface area contributed by atoms with Crippen LogP contribution in [-0.2, 0) is 0 Å². The summed E-state index contributed by atoms with van der Waals surface area (Å²) in [6, 6.07) is 8.38. The van der Waals surface area contributed by atoms with Crippen LogP contribution in [0.15, 0.2) is 36.7 Å². The van der Waals surface area contributed by atoms with Crippen molar-refractivity contribution < 1.29 is 9.13 Å². The highest BCUT2D eigenvalue weighted by Crippen LogP contribution is 2.31. The van der Waals surface area contributed by atoms with Gasteiger partial charge in [-0.2, -0.15) is 4.98 Å². The van der Waals surface area contributed by atoms with Crippen LogP contribution < -0.4 is 15.4 Å². The van der Waals surface area contributed by atoms with Gasteiger partial charge in [0.15, 0.2) is 17.1 Å². The predicted molar refractivity (Wildman–Crippen MR) is 89.0 cm³/mol. The zero-order chi connectivity index (χ0) is 16.7. The van der Waals surface area contributed by atoms with Gasteiger partial charge >= 0.3 is 0 Å². The molecule has 3 heterocycles. The van der Waals surface area contributed by atoms with E-state index < -0.39 is 5.82 Å². The quantitative estimate of drug-likeness (QED) is 0.786. The van der Waals surface area contributed by atoms with E-state index in [1.165, 1.54) is 18.5 Å². The molecule has 0 bridgehead atoms. The maximum Gasteiger partial charge on any atom is 0.249 e. The summed E-state index contributed by atoms with van der Waals surface area (Å²) in [5.74, 6) is 0.278. The van der Waals surface area contributed by atoms with Crippen molar-refractivity contribution >= 4 is 28.5 Å². The Morgan fingerprint density at radius 3 is 2.83 bits per heavy atom. The molecule has 0 amide bonds. The third-order valence-corrected chi connectivity index (χ3v) is 4.08. The maximum absolute atomic E-state index is 14.1. The molecular formula is C16H13ClFN5O. The molecule has 122 valence electrons. The van der Waals surface area contributed by atoms with E-state index in [0.29, 0.717) is 11.0 Å². The van der Waals surface area contributed by atoms with Crippen LogP contribution in [0.5, 0.6) is 11.6 Å². The molecule has 4 rings (SSSR count). The van der Waals surface area contributed by atoms with E-state index in [1.807, 2.05) is 17.0 Å². The Morgan fingerprint density at radius 2 is 2.04 bits per heavy atom. The lowest BCUT2D eigenvalue weighted by Gasteiger charge is -2.37. The first-order chi connectivity index (χ1) is 11.6. The number of benzene rings is 1. The van der Waals surface area contributed by atoms with Gasteiger partial charge in [0, 0.05) is 19.1 Å². The molecule has 1 aliphatic heterocycles. The van der Waals surface area contributed by atoms with E-state index in [-0.39, 0.29) is 22.7 Å². The fourth-order valence-corrected chi connectivity index (χ4v) is 2.69. The van der Waals surface area contributed by atoms with E-state index in [2.05, 4.69) is 15.0 Å². The first kappa shape index (κ1) is 15.0. The fourth-order valence-electron chi connectivity index (χ4n) is 2.53. The van der Waals surface area contributed by atoms with Gasteiger partial charge < -0.3 is 15.4 Å². The van der Waals surface area contributed by atoms with Gasteiger partial charge in [-0.05, 0) is 24.3 Å². The number of hydrogen-bond donors (Lipinski definition) is 1. The van der Waals surface area contributed by atoms with E-state index in [1.54, 1.807) is 6.07 Å². The van der Waals surface area contributed by atoms with Gasteiger partial charge in [-0.15, -0.1) is 0 Å². The SMILES string of the molecule is NC1CN(c2ccc3ncnc(Oc4cccc(Cl)c4F)c3n2)C1. The molecule has 0 aliphatic carbocycles. The fraction of sp³-hybridized carbons (Fsp3) is 0.188. The first-order valence-electron chi connectivity index (χ1n) is 7.36. The third kappa shape index (κ3) is 2.61. The Kier molecular flexibility index (Phi) is 3.66. The van der Waals surface area contributed by atoms with Crippen molar-refractivity contribution in [3.05, 3.63) is 47.5 Å². The van der Waals surface area contributed by atoms with Crippen LogP contribution in [0.3, 0.4) is 0 Å². The van der Waals surface area contributed by atoms with Gasteiger partial charge in [0.05, 0.1) is 10.5 Å². The molecule has 1 fully saturated rings. The van der Waals surface area contributed by atoms with Crippen molar-refractivity contribution in [2.45, 2.75) is 6.04 Å². The number of ether oxygens (including phenoxy) is 1. The van der Waals surface area contributed by atoms with Crippen molar-refractivity contribution in [1.82, 2.24) is 15.0 Å². The lowest BCUT2D eigenvalue weighted by molar-refractivity contribution is 0.430. The average molecular weight is 346 g/mol. The minimum Gasteiger partial charge on any atom is -0.434 e. The smallest absolute Gasteiger partial charge is 0.249 e. The lowest BCUT2D eigenvalue weighted by Crippen LogP contribution is -2.56. The monoisotopic (exact) mass is 345 g/mol. The minimum atomic E-state index is -0.643. The van der Waals surface area contributed by atoms with Crippen molar-refractivity contribution in [1.29, 1.82) is 0 Å². The number of hydrogen-bond acceptors (Lipinski definition) is 6. The number of nitrogens with two attached hydrogens (primary N) is 1. The Hall–Kier alpha value is -2.51. The van der Waals surface area contributed by atoms with Gasteiger partial charge in [-0.1, -0.05) is 17.7 Å². The molecule has 0 unspecified atom stereocenters. The average Bonchev–Trinajstić information content (AvgIpc) is 2.56. The summed E-state index contributed by atoms with van der Waals surface area (Å²) in [4.78, 5) is 14.8. The summed E-state index contributed by atoms with van der Waals surface area (Å²) in [7, 11) is 0. The number of anilines is 1. The van der Waals surface area contributed by atoms with Crippen molar-refractivity contribution in [3.63, 3.8) is 0 Å². The molecule has 0 radical (unpaired) electrons. The predicted octanol–water partition coefficient (Wildman–Crippen LogP) is 2.76. The lowest BCUT2D eigenvalue weighted by atomic mass is 10.1. The highest BCUT2D eigenvalue weighted by atomic mass is 35.5. The van der Waals surface area contributed by atoms with E-state index >= 15 is 0 Å². The molecule has 6 nitrogen and oxygen atoms in total. The molecule has 1 aromatic carbocycles. The van der Waals surface area contributed by atoms with Crippen molar-refractivity contribution in [3.8, 4) is 11.6 Å². The Labute approximate surface area is 142 Å². The molecule has 2 aromatic heterocycles. The second-order valence-electron chi connectivity index (χ2n) is 5.54. The van der Waals surface area contributed by atoms with Gasteiger partial charge in [-0.25, -0.2) is 14.4 Å². The van der Waals surface area contributed by atoms with Crippen LogP contribution in [0.1, 0.15) is 0 Å². The standard InChI is InChI=1S/C16H13ClFN5O/c17-10-2-1-3-12(14(10)18)24-16-15-11(20-8-21-16)4-5-13(22-15)23-6-9(19)7-23/h1-5,8-9H,6-7,19H2. The number of nitrogens with zero attached hydrogens (tertiary/aromatic N) is 4. The Morgan fingerprint density at radius 1 is 1.21 bits per heavy atom. The summed E-state index contributed by atoms with van der Waals surface area (Å²) < 4.78 is 19.7. The van der Waals surface area contributed by atoms with Gasteiger partial charge in [-0.3, -0.25) is 0 Å². The van der Waals surface area contributed by atoms with Gasteiger partial charge in [0.25, 0.3) is 0 Å². The van der Waals surface area contributed by atoms with Gasteiger partial charge in [0.1, 0.15) is 12.1 Å². The molecule has 1 aliphatic rings. The molecule has 0 spiro atoms. The van der Waals surface area contributed by atoms with Crippen LogP contribution >= 0.6 is 11.6 Å². The van der Waals surface area contributed by atoms with Crippen LogP contribution in [-0.4, -0.2) is 34.1 Å². The maximum atomic E-state index is 14.1. The van der Waals surface area contributed by atoms with E-state index in [4.69, 9.17) is 22.1 Å². The Balaban J connectivity index is 1.74. The topological polar surface area (TPSA) is 77.2 Å². The molecule has 2 N–H and O–H groups in total. The summed E-state index contributed by atoms with van der Waals surface area (Å²) in [6.07, 6.45) is 1.35. The second-order valence-corrected chi connectivity index (χ2v) is 5.94. The largest absolute Gasteiger partial charge is 0.434 e. The molecule has 1 saturated heterocycles. The van der Waals surface area contributed by atoms with Gasteiger partial charge in [0.2, 0.25) is 5.88 Å². The minimum absolute atomic E-state index is 0.0133. The van der Waals surface area contributed by atoms with E-state index in [9.17, 15) is 4.39 Å². The van der Waals surface area contributed by atoms with E-state index in [0.717, 1.165) is 18.9 Å². The van der Waals surface area contributed by atoms with Crippen LogP contribution in [0.2, 0.25) is 5.02 Å². The summed E-state index contributed by atoms with van der Waals surface area (Å²) in [5.41, 5.74) is 6.87. The molecule has 24 heavy (non-hydrogen) atoms. The molecule has 8 heteroatoms. The molecular weight excluding hydrogens is 333 g/mol. The van der Waals surface area contributed by atoms with Crippen LogP contribution in [0, 0.1) is 5.82 Å². The summed E-state index contributed by atoms with van der Waals surface area (Å²) in [5, 5.41) is -0.0194. The highest BCUT2D eigenvalue weighted by molar-refractivity contribution is 6.30.